The minimum absolute atomic E-state index is 0.487. The molecule has 0 saturated carbocycles. The molecule has 1 aromatic heterocycles. The zero-order valence-corrected chi connectivity index (χ0v) is 11.1. The Labute approximate surface area is 114 Å². The van der Waals surface area contributed by atoms with Crippen molar-refractivity contribution in [2.75, 3.05) is 24.6 Å². The Morgan fingerprint density at radius 2 is 2.11 bits per heavy atom. The van der Waals surface area contributed by atoms with E-state index in [1.165, 1.54) is 25.7 Å². The zero-order valence-electron chi connectivity index (χ0n) is 11.1. The van der Waals surface area contributed by atoms with Crippen LogP contribution < -0.4 is 4.90 Å². The summed E-state index contributed by atoms with van der Waals surface area (Å²) in [5.74, 6) is 1.64. The lowest BCUT2D eigenvalue weighted by atomic mass is 9.90. The predicted octanol–water partition coefficient (Wildman–Crippen LogP) is 2.35. The Morgan fingerprint density at radius 1 is 1.26 bits per heavy atom. The number of aromatic nitrogens is 1. The maximum absolute atomic E-state index is 8.90. The predicted molar refractivity (Wildman–Crippen MR) is 72.9 cm³/mol. The van der Waals surface area contributed by atoms with Gasteiger partial charge in [0, 0.05) is 19.7 Å². The van der Waals surface area contributed by atoms with Crippen LogP contribution in [0, 0.1) is 17.2 Å². The van der Waals surface area contributed by atoms with Gasteiger partial charge in [0.2, 0.25) is 0 Å². The van der Waals surface area contributed by atoms with Crippen LogP contribution >= 0.6 is 0 Å². The summed E-state index contributed by atoms with van der Waals surface area (Å²) in [4.78, 5) is 6.66. The molecular formula is C15H19N3O. The molecule has 0 unspecified atom stereocenters. The molecule has 0 amide bonds. The highest BCUT2D eigenvalue weighted by atomic mass is 16.5. The number of ether oxygens (including phenoxy) is 1. The van der Waals surface area contributed by atoms with E-state index in [4.69, 9.17) is 10.00 Å². The molecule has 2 saturated heterocycles. The van der Waals surface area contributed by atoms with Crippen molar-refractivity contribution in [3.05, 3.63) is 23.9 Å². The van der Waals surface area contributed by atoms with E-state index < -0.39 is 0 Å². The van der Waals surface area contributed by atoms with Gasteiger partial charge in [0.15, 0.2) is 0 Å². The largest absolute Gasteiger partial charge is 0.378 e. The average molecular weight is 257 g/mol. The fourth-order valence-corrected chi connectivity index (χ4v) is 3.14. The van der Waals surface area contributed by atoms with Gasteiger partial charge in [-0.25, -0.2) is 4.98 Å². The van der Waals surface area contributed by atoms with Gasteiger partial charge in [-0.15, -0.1) is 0 Å². The Morgan fingerprint density at radius 3 is 2.79 bits per heavy atom. The lowest BCUT2D eigenvalue weighted by molar-refractivity contribution is 0.0531. The number of rotatable bonds is 2. The Bertz CT molecular complexity index is 469. The number of nitrogens with zero attached hydrogens (tertiary/aromatic N) is 3. The number of piperidine rings is 1. The Kier molecular flexibility index (Phi) is 3.65. The number of nitriles is 1. The molecule has 4 heteroatoms. The molecule has 0 bridgehead atoms. The van der Waals surface area contributed by atoms with Crippen molar-refractivity contribution >= 4 is 5.82 Å². The van der Waals surface area contributed by atoms with Crippen LogP contribution in [0.3, 0.4) is 0 Å². The average Bonchev–Trinajstić information content (AvgIpc) is 3.02. The third kappa shape index (κ3) is 2.71. The highest BCUT2D eigenvalue weighted by Gasteiger charge is 2.29. The van der Waals surface area contributed by atoms with Crippen molar-refractivity contribution in [1.82, 2.24) is 4.98 Å². The summed E-state index contributed by atoms with van der Waals surface area (Å²) in [6.07, 6.45) is 5.27. The van der Waals surface area contributed by atoms with Crippen LogP contribution in [0.25, 0.3) is 0 Å². The second-order valence-electron chi connectivity index (χ2n) is 5.37. The number of anilines is 1. The topological polar surface area (TPSA) is 49.2 Å². The molecule has 0 radical (unpaired) electrons. The van der Waals surface area contributed by atoms with E-state index in [9.17, 15) is 0 Å². The normalized spacial score (nSPS) is 24.4. The summed E-state index contributed by atoms with van der Waals surface area (Å²) in [5, 5.41) is 8.90. The van der Waals surface area contributed by atoms with Gasteiger partial charge in [0.05, 0.1) is 6.10 Å². The third-order valence-electron chi connectivity index (χ3n) is 4.20. The van der Waals surface area contributed by atoms with E-state index in [0.29, 0.717) is 17.7 Å². The van der Waals surface area contributed by atoms with Crippen molar-refractivity contribution in [2.24, 2.45) is 5.92 Å². The summed E-state index contributed by atoms with van der Waals surface area (Å²) in [6, 6.07) is 7.76. The van der Waals surface area contributed by atoms with E-state index in [1.54, 1.807) is 6.07 Å². The standard InChI is InChI=1S/C15H19N3O/c16-11-13-3-1-5-15(17-13)18-8-6-12(7-9-18)14-4-2-10-19-14/h1,3,5,12,14H,2,4,6-10H2/t14-/m1/s1. The van der Waals surface area contributed by atoms with Crippen LogP contribution in [0.1, 0.15) is 31.4 Å². The van der Waals surface area contributed by atoms with Gasteiger partial charge in [0.25, 0.3) is 0 Å². The van der Waals surface area contributed by atoms with Gasteiger partial charge >= 0.3 is 0 Å². The molecule has 3 rings (SSSR count). The van der Waals surface area contributed by atoms with Gasteiger partial charge in [-0.2, -0.15) is 5.26 Å². The van der Waals surface area contributed by atoms with E-state index in [-0.39, 0.29) is 0 Å². The molecule has 0 aliphatic carbocycles. The van der Waals surface area contributed by atoms with Crippen LogP contribution in [-0.2, 0) is 4.74 Å². The first-order valence-corrected chi connectivity index (χ1v) is 7.10. The highest BCUT2D eigenvalue weighted by molar-refractivity contribution is 5.41. The van der Waals surface area contributed by atoms with Crippen molar-refractivity contribution in [3.8, 4) is 6.07 Å². The lowest BCUT2D eigenvalue weighted by Crippen LogP contribution is -2.38. The van der Waals surface area contributed by atoms with Gasteiger partial charge in [-0.3, -0.25) is 0 Å². The second-order valence-corrected chi connectivity index (χ2v) is 5.37. The molecule has 1 aromatic rings. The minimum atomic E-state index is 0.487. The Hall–Kier alpha value is -1.60. The van der Waals surface area contributed by atoms with E-state index >= 15 is 0 Å². The third-order valence-corrected chi connectivity index (χ3v) is 4.20. The lowest BCUT2D eigenvalue weighted by Gasteiger charge is -2.35. The van der Waals surface area contributed by atoms with E-state index in [2.05, 4.69) is 16.0 Å². The van der Waals surface area contributed by atoms with Crippen molar-refractivity contribution < 1.29 is 4.74 Å². The molecule has 0 aromatic carbocycles. The molecule has 100 valence electrons. The highest BCUT2D eigenvalue weighted by Crippen LogP contribution is 2.30. The van der Waals surface area contributed by atoms with E-state index in [0.717, 1.165) is 25.5 Å². The molecule has 2 fully saturated rings. The minimum Gasteiger partial charge on any atom is -0.378 e. The number of pyridine rings is 1. The summed E-state index contributed by atoms with van der Waals surface area (Å²) in [5.41, 5.74) is 0.499. The fourth-order valence-electron chi connectivity index (χ4n) is 3.14. The summed E-state index contributed by atoms with van der Waals surface area (Å²) in [6.45, 7) is 2.98. The van der Waals surface area contributed by atoms with Crippen molar-refractivity contribution in [2.45, 2.75) is 31.8 Å². The van der Waals surface area contributed by atoms with Crippen LogP contribution in [0.15, 0.2) is 18.2 Å². The van der Waals surface area contributed by atoms with E-state index in [1.807, 2.05) is 12.1 Å². The van der Waals surface area contributed by atoms with Gasteiger partial charge in [-0.05, 0) is 43.7 Å². The number of hydrogen-bond donors (Lipinski definition) is 0. The maximum atomic E-state index is 8.90. The first-order valence-electron chi connectivity index (χ1n) is 7.10. The molecule has 2 aliphatic rings. The molecular weight excluding hydrogens is 238 g/mol. The fraction of sp³-hybridized carbons (Fsp3) is 0.600. The maximum Gasteiger partial charge on any atom is 0.142 e. The van der Waals surface area contributed by atoms with Crippen LogP contribution in [0.5, 0.6) is 0 Å². The second kappa shape index (κ2) is 5.58. The quantitative estimate of drug-likeness (QED) is 0.816. The zero-order chi connectivity index (χ0) is 13.1. The molecule has 1 atom stereocenters. The molecule has 19 heavy (non-hydrogen) atoms. The van der Waals surface area contributed by atoms with Crippen LogP contribution in [-0.4, -0.2) is 30.8 Å². The molecule has 3 heterocycles. The van der Waals surface area contributed by atoms with Crippen LogP contribution in [0.4, 0.5) is 5.82 Å². The first kappa shape index (κ1) is 12.4. The van der Waals surface area contributed by atoms with Crippen LogP contribution in [0.2, 0.25) is 0 Å². The van der Waals surface area contributed by atoms with Gasteiger partial charge < -0.3 is 9.64 Å². The monoisotopic (exact) mass is 257 g/mol. The Balaban J connectivity index is 1.61. The summed E-state index contributed by atoms with van der Waals surface area (Å²) in [7, 11) is 0. The van der Waals surface area contributed by atoms with Gasteiger partial charge in [0.1, 0.15) is 17.6 Å². The molecule has 0 spiro atoms. The molecule has 0 N–H and O–H groups in total. The first-order chi connectivity index (χ1) is 9.36. The molecule has 2 aliphatic heterocycles. The molecule has 4 nitrogen and oxygen atoms in total. The van der Waals surface area contributed by atoms with Crippen molar-refractivity contribution in [1.29, 1.82) is 5.26 Å². The summed E-state index contributed by atoms with van der Waals surface area (Å²) < 4.78 is 5.79. The SMILES string of the molecule is N#Cc1cccc(N2CCC([C@H]3CCCO3)CC2)n1. The summed E-state index contributed by atoms with van der Waals surface area (Å²) >= 11 is 0. The van der Waals surface area contributed by atoms with Gasteiger partial charge in [-0.1, -0.05) is 6.07 Å². The number of hydrogen-bond acceptors (Lipinski definition) is 4. The van der Waals surface area contributed by atoms with Crippen molar-refractivity contribution in [3.63, 3.8) is 0 Å². The smallest absolute Gasteiger partial charge is 0.142 e.